The standard InChI is InChI=1S/C12H18N4O3S/c1-7-11(8(2)15-14-7)5-6-13-20(17,18)12-9(3)16-19-10(12)4/h13H,5-6H2,1-4H3,(H,14,15). The molecule has 2 aromatic rings. The van der Waals surface area contributed by atoms with Gasteiger partial charge in [-0.05, 0) is 39.7 Å². The van der Waals surface area contributed by atoms with E-state index in [1.807, 2.05) is 13.8 Å². The van der Waals surface area contributed by atoms with E-state index in [0.29, 0.717) is 24.4 Å². The number of aromatic nitrogens is 3. The van der Waals surface area contributed by atoms with Gasteiger partial charge < -0.3 is 4.52 Å². The lowest BCUT2D eigenvalue weighted by Gasteiger charge is -2.06. The number of aromatic amines is 1. The summed E-state index contributed by atoms with van der Waals surface area (Å²) in [6.07, 6.45) is 0.580. The Labute approximate surface area is 117 Å². The zero-order chi connectivity index (χ0) is 14.9. The third kappa shape index (κ3) is 2.75. The molecule has 7 nitrogen and oxygen atoms in total. The van der Waals surface area contributed by atoms with Crippen LogP contribution in [0.5, 0.6) is 0 Å². The molecule has 0 aliphatic carbocycles. The van der Waals surface area contributed by atoms with Gasteiger partial charge in [0.25, 0.3) is 0 Å². The number of hydrogen-bond acceptors (Lipinski definition) is 5. The molecule has 0 amide bonds. The van der Waals surface area contributed by atoms with Crippen molar-refractivity contribution < 1.29 is 12.9 Å². The van der Waals surface area contributed by atoms with Crippen LogP contribution in [0.2, 0.25) is 0 Å². The Hall–Kier alpha value is -1.67. The van der Waals surface area contributed by atoms with Gasteiger partial charge in [0.1, 0.15) is 10.6 Å². The molecular formula is C12H18N4O3S. The van der Waals surface area contributed by atoms with Crippen molar-refractivity contribution in [3.8, 4) is 0 Å². The van der Waals surface area contributed by atoms with E-state index >= 15 is 0 Å². The van der Waals surface area contributed by atoms with E-state index in [0.717, 1.165) is 17.0 Å². The molecule has 2 rings (SSSR count). The fourth-order valence-electron chi connectivity index (χ4n) is 2.18. The van der Waals surface area contributed by atoms with Gasteiger partial charge in [-0.1, -0.05) is 5.16 Å². The van der Waals surface area contributed by atoms with E-state index in [9.17, 15) is 8.42 Å². The summed E-state index contributed by atoms with van der Waals surface area (Å²) in [5.41, 5.74) is 3.25. The summed E-state index contributed by atoms with van der Waals surface area (Å²) in [5, 5.41) is 10.6. The summed E-state index contributed by atoms with van der Waals surface area (Å²) in [4.78, 5) is 0.123. The molecule has 0 spiro atoms. The average molecular weight is 298 g/mol. The molecule has 0 fully saturated rings. The predicted octanol–water partition coefficient (Wildman–Crippen LogP) is 1.15. The first-order chi connectivity index (χ1) is 9.33. The van der Waals surface area contributed by atoms with Crippen LogP contribution in [0.3, 0.4) is 0 Å². The minimum absolute atomic E-state index is 0.123. The molecule has 110 valence electrons. The zero-order valence-electron chi connectivity index (χ0n) is 11.9. The van der Waals surface area contributed by atoms with Crippen molar-refractivity contribution in [3.05, 3.63) is 28.4 Å². The van der Waals surface area contributed by atoms with Gasteiger partial charge in [-0.2, -0.15) is 5.10 Å². The normalized spacial score (nSPS) is 12.0. The van der Waals surface area contributed by atoms with Crippen LogP contribution in [0.15, 0.2) is 9.42 Å². The largest absolute Gasteiger partial charge is 0.360 e. The van der Waals surface area contributed by atoms with E-state index in [4.69, 9.17) is 4.52 Å². The Morgan fingerprint density at radius 3 is 2.40 bits per heavy atom. The lowest BCUT2D eigenvalue weighted by molar-refractivity contribution is 0.390. The molecule has 0 atom stereocenters. The molecule has 0 saturated heterocycles. The maximum atomic E-state index is 12.2. The molecule has 0 saturated carbocycles. The lowest BCUT2D eigenvalue weighted by Crippen LogP contribution is -2.27. The Kier molecular flexibility index (Phi) is 3.96. The molecule has 2 heterocycles. The summed E-state index contributed by atoms with van der Waals surface area (Å²) >= 11 is 0. The predicted molar refractivity (Wildman–Crippen MR) is 72.9 cm³/mol. The fourth-order valence-corrected chi connectivity index (χ4v) is 3.54. The summed E-state index contributed by atoms with van der Waals surface area (Å²) in [7, 11) is -3.59. The smallest absolute Gasteiger partial charge is 0.245 e. The number of rotatable bonds is 5. The van der Waals surface area contributed by atoms with Crippen LogP contribution < -0.4 is 4.72 Å². The number of nitrogens with zero attached hydrogens (tertiary/aromatic N) is 2. The number of aryl methyl sites for hydroxylation is 4. The second-order valence-corrected chi connectivity index (χ2v) is 6.42. The molecule has 0 aromatic carbocycles. The van der Waals surface area contributed by atoms with Crippen molar-refractivity contribution in [2.75, 3.05) is 6.54 Å². The van der Waals surface area contributed by atoms with Crippen molar-refractivity contribution in [1.82, 2.24) is 20.1 Å². The van der Waals surface area contributed by atoms with Crippen molar-refractivity contribution >= 4 is 10.0 Å². The van der Waals surface area contributed by atoms with Gasteiger partial charge in [-0.3, -0.25) is 5.10 Å². The second kappa shape index (κ2) is 5.37. The summed E-state index contributed by atoms with van der Waals surface area (Å²) < 4.78 is 31.9. The maximum absolute atomic E-state index is 12.2. The monoisotopic (exact) mass is 298 g/mol. The molecule has 0 aliphatic rings. The van der Waals surface area contributed by atoms with E-state index in [2.05, 4.69) is 20.1 Å². The van der Waals surface area contributed by atoms with Crippen LogP contribution in [-0.2, 0) is 16.4 Å². The van der Waals surface area contributed by atoms with Gasteiger partial charge in [0, 0.05) is 12.2 Å². The van der Waals surface area contributed by atoms with Gasteiger partial charge in [0.15, 0.2) is 5.76 Å². The molecule has 0 radical (unpaired) electrons. The average Bonchev–Trinajstić information content (AvgIpc) is 2.85. The summed E-state index contributed by atoms with van der Waals surface area (Å²) in [5.74, 6) is 0.297. The Bertz CT molecular complexity index is 676. The molecule has 2 aromatic heterocycles. The second-order valence-electron chi connectivity index (χ2n) is 4.71. The van der Waals surface area contributed by atoms with Gasteiger partial charge in [-0.15, -0.1) is 0 Å². The first-order valence-electron chi connectivity index (χ1n) is 6.26. The minimum Gasteiger partial charge on any atom is -0.360 e. The first kappa shape index (κ1) is 14.7. The van der Waals surface area contributed by atoms with Gasteiger partial charge in [0.05, 0.1) is 5.69 Å². The third-order valence-corrected chi connectivity index (χ3v) is 4.89. The number of hydrogen-bond donors (Lipinski definition) is 2. The van der Waals surface area contributed by atoms with Gasteiger partial charge in [0.2, 0.25) is 10.0 Å². The Balaban J connectivity index is 2.08. The summed E-state index contributed by atoms with van der Waals surface area (Å²) in [6.45, 7) is 7.29. The number of sulfonamides is 1. The highest BCUT2D eigenvalue weighted by Crippen LogP contribution is 2.18. The van der Waals surface area contributed by atoms with Crippen LogP contribution in [0.1, 0.15) is 28.4 Å². The van der Waals surface area contributed by atoms with Crippen molar-refractivity contribution in [3.63, 3.8) is 0 Å². The Morgan fingerprint density at radius 2 is 1.90 bits per heavy atom. The molecular weight excluding hydrogens is 280 g/mol. The fraction of sp³-hybridized carbons (Fsp3) is 0.500. The Morgan fingerprint density at radius 1 is 1.20 bits per heavy atom. The first-order valence-corrected chi connectivity index (χ1v) is 7.74. The molecule has 8 heteroatoms. The van der Waals surface area contributed by atoms with Crippen LogP contribution in [-0.4, -0.2) is 30.3 Å². The van der Waals surface area contributed by atoms with Gasteiger partial charge >= 0.3 is 0 Å². The molecule has 0 unspecified atom stereocenters. The lowest BCUT2D eigenvalue weighted by atomic mass is 10.1. The van der Waals surface area contributed by atoms with E-state index in [1.54, 1.807) is 13.8 Å². The topological polar surface area (TPSA) is 101 Å². The third-order valence-electron chi connectivity index (χ3n) is 3.18. The van der Waals surface area contributed by atoms with Crippen molar-refractivity contribution in [1.29, 1.82) is 0 Å². The number of H-pyrrole nitrogens is 1. The maximum Gasteiger partial charge on any atom is 0.245 e. The highest BCUT2D eigenvalue weighted by atomic mass is 32.2. The van der Waals surface area contributed by atoms with Crippen LogP contribution in [0.4, 0.5) is 0 Å². The van der Waals surface area contributed by atoms with Crippen LogP contribution >= 0.6 is 0 Å². The van der Waals surface area contributed by atoms with Crippen LogP contribution in [0.25, 0.3) is 0 Å². The van der Waals surface area contributed by atoms with Crippen LogP contribution in [0, 0.1) is 27.7 Å². The SMILES string of the molecule is Cc1n[nH]c(C)c1CCNS(=O)(=O)c1c(C)noc1C. The van der Waals surface area contributed by atoms with E-state index in [1.165, 1.54) is 0 Å². The zero-order valence-corrected chi connectivity index (χ0v) is 12.8. The van der Waals surface area contributed by atoms with Crippen molar-refractivity contribution in [2.24, 2.45) is 0 Å². The minimum atomic E-state index is -3.59. The van der Waals surface area contributed by atoms with E-state index < -0.39 is 10.0 Å². The van der Waals surface area contributed by atoms with Gasteiger partial charge in [-0.25, -0.2) is 13.1 Å². The molecule has 2 N–H and O–H groups in total. The number of nitrogens with one attached hydrogen (secondary N) is 2. The summed E-state index contributed by atoms with van der Waals surface area (Å²) in [6, 6.07) is 0. The van der Waals surface area contributed by atoms with Crippen molar-refractivity contribution in [2.45, 2.75) is 39.0 Å². The highest BCUT2D eigenvalue weighted by molar-refractivity contribution is 7.89. The molecule has 0 aliphatic heterocycles. The highest BCUT2D eigenvalue weighted by Gasteiger charge is 2.23. The molecule has 0 bridgehead atoms. The van der Waals surface area contributed by atoms with E-state index in [-0.39, 0.29) is 4.90 Å². The molecule has 20 heavy (non-hydrogen) atoms. The quantitative estimate of drug-likeness (QED) is 0.862.